The lowest BCUT2D eigenvalue weighted by molar-refractivity contribution is 0.0613. The summed E-state index contributed by atoms with van der Waals surface area (Å²) in [5, 5.41) is 11.8. The SMILES string of the molecule is O=C(N[C@H]1CO[C@H]2[C@@H]1OC[C@@H]2n1cc(CC2CCCCC2)nn1)c1ccc[nH]1. The molecule has 0 unspecified atom stereocenters. The minimum absolute atomic E-state index is 0.00463. The molecule has 5 rings (SSSR count). The second-order valence-corrected chi connectivity index (χ2v) is 8.23. The third-order valence-electron chi connectivity index (χ3n) is 6.31. The van der Waals surface area contributed by atoms with Gasteiger partial charge >= 0.3 is 0 Å². The van der Waals surface area contributed by atoms with E-state index in [2.05, 4.69) is 26.8 Å². The van der Waals surface area contributed by atoms with E-state index < -0.39 is 0 Å². The van der Waals surface area contributed by atoms with Gasteiger partial charge in [0.2, 0.25) is 0 Å². The molecule has 4 heterocycles. The van der Waals surface area contributed by atoms with Gasteiger partial charge in [0.05, 0.1) is 24.9 Å². The van der Waals surface area contributed by atoms with E-state index in [-0.39, 0.29) is 30.2 Å². The van der Waals surface area contributed by atoms with Crippen molar-refractivity contribution in [2.24, 2.45) is 5.92 Å². The van der Waals surface area contributed by atoms with Crippen molar-refractivity contribution in [3.63, 3.8) is 0 Å². The van der Waals surface area contributed by atoms with Crippen molar-refractivity contribution < 1.29 is 14.3 Å². The lowest BCUT2D eigenvalue weighted by Gasteiger charge is -2.20. The summed E-state index contributed by atoms with van der Waals surface area (Å²) in [6, 6.07) is 3.41. The van der Waals surface area contributed by atoms with E-state index in [1.165, 1.54) is 32.1 Å². The minimum atomic E-state index is -0.157. The summed E-state index contributed by atoms with van der Waals surface area (Å²) >= 11 is 0. The Morgan fingerprint density at radius 3 is 2.89 bits per heavy atom. The first-order valence-corrected chi connectivity index (χ1v) is 10.4. The van der Waals surface area contributed by atoms with E-state index in [4.69, 9.17) is 9.47 Å². The second-order valence-electron chi connectivity index (χ2n) is 8.23. The molecule has 3 fully saturated rings. The largest absolute Gasteiger partial charge is 0.371 e. The lowest BCUT2D eigenvalue weighted by atomic mass is 9.86. The molecule has 1 amide bonds. The highest BCUT2D eigenvalue weighted by Crippen LogP contribution is 2.34. The zero-order chi connectivity index (χ0) is 18.9. The Bertz CT molecular complexity index is 799. The number of hydrogen-bond donors (Lipinski definition) is 2. The fourth-order valence-corrected chi connectivity index (χ4v) is 4.80. The molecule has 2 N–H and O–H groups in total. The summed E-state index contributed by atoms with van der Waals surface area (Å²) in [6.07, 6.45) is 11.2. The van der Waals surface area contributed by atoms with Gasteiger partial charge in [0.15, 0.2) is 0 Å². The first-order valence-electron chi connectivity index (χ1n) is 10.4. The topological polar surface area (TPSA) is 94.1 Å². The number of nitrogens with zero attached hydrogens (tertiary/aromatic N) is 3. The smallest absolute Gasteiger partial charge is 0.268 e. The van der Waals surface area contributed by atoms with Gasteiger partial charge in [0.1, 0.15) is 23.9 Å². The van der Waals surface area contributed by atoms with Crippen molar-refractivity contribution >= 4 is 5.91 Å². The van der Waals surface area contributed by atoms with Crippen molar-refractivity contribution in [2.45, 2.75) is 62.8 Å². The summed E-state index contributed by atoms with van der Waals surface area (Å²) in [7, 11) is 0. The molecule has 2 saturated heterocycles. The number of hydrogen-bond acceptors (Lipinski definition) is 5. The summed E-state index contributed by atoms with van der Waals surface area (Å²) in [4.78, 5) is 15.2. The first kappa shape index (κ1) is 17.9. The van der Waals surface area contributed by atoms with E-state index in [9.17, 15) is 4.79 Å². The fraction of sp³-hybridized carbons (Fsp3) is 0.650. The lowest BCUT2D eigenvalue weighted by Crippen LogP contribution is -2.44. The van der Waals surface area contributed by atoms with Crippen molar-refractivity contribution in [1.29, 1.82) is 0 Å². The maximum atomic E-state index is 12.3. The highest BCUT2D eigenvalue weighted by molar-refractivity contribution is 5.92. The molecule has 2 aromatic heterocycles. The number of nitrogens with one attached hydrogen (secondary N) is 2. The van der Waals surface area contributed by atoms with E-state index in [0.717, 1.165) is 18.0 Å². The Morgan fingerprint density at radius 2 is 2.07 bits per heavy atom. The molecule has 0 bridgehead atoms. The van der Waals surface area contributed by atoms with Gasteiger partial charge in [-0.1, -0.05) is 37.3 Å². The van der Waals surface area contributed by atoms with Crippen LogP contribution >= 0.6 is 0 Å². The van der Waals surface area contributed by atoms with E-state index in [1.54, 1.807) is 18.3 Å². The molecular formula is C20H27N5O3. The monoisotopic (exact) mass is 385 g/mol. The molecule has 150 valence electrons. The molecule has 4 atom stereocenters. The average molecular weight is 385 g/mol. The Labute approximate surface area is 164 Å². The van der Waals surface area contributed by atoms with Crippen LogP contribution in [0.2, 0.25) is 0 Å². The van der Waals surface area contributed by atoms with Crippen LogP contribution in [0.4, 0.5) is 0 Å². The maximum absolute atomic E-state index is 12.3. The zero-order valence-electron chi connectivity index (χ0n) is 15.9. The molecule has 0 aromatic carbocycles. The number of fused-ring (bicyclic) bond motifs is 1. The third-order valence-corrected chi connectivity index (χ3v) is 6.31. The number of amides is 1. The predicted molar refractivity (Wildman–Crippen MR) is 101 cm³/mol. The number of H-pyrrole nitrogens is 1. The number of rotatable bonds is 5. The van der Waals surface area contributed by atoms with Crippen molar-refractivity contribution in [3.8, 4) is 0 Å². The van der Waals surface area contributed by atoms with Crippen LogP contribution in [0.15, 0.2) is 24.5 Å². The quantitative estimate of drug-likeness (QED) is 0.819. The average Bonchev–Trinajstić information content (AvgIpc) is 3.49. The number of carbonyl (C=O) groups excluding carboxylic acids is 1. The third kappa shape index (κ3) is 3.46. The first-order chi connectivity index (χ1) is 13.8. The van der Waals surface area contributed by atoms with Gasteiger partial charge in [-0.2, -0.15) is 0 Å². The standard InChI is InChI=1S/C20H27N5O3/c26-20(15-7-4-8-21-15)22-16-11-27-19-17(12-28-18(16)19)25-10-14(23-24-25)9-13-5-2-1-3-6-13/h4,7-8,10,13,16-19,21H,1-3,5-6,9,11-12H2,(H,22,26)/t16-,17-,18+,19+/m0/s1. The summed E-state index contributed by atoms with van der Waals surface area (Å²) in [6.45, 7) is 0.971. The molecule has 0 radical (unpaired) electrons. The van der Waals surface area contributed by atoms with E-state index in [0.29, 0.717) is 18.9 Å². The molecule has 8 nitrogen and oxygen atoms in total. The van der Waals surface area contributed by atoms with Gasteiger partial charge in [-0.15, -0.1) is 5.10 Å². The highest BCUT2D eigenvalue weighted by atomic mass is 16.6. The molecule has 3 aliphatic rings. The molecule has 2 aromatic rings. The molecule has 2 aliphatic heterocycles. The van der Waals surface area contributed by atoms with Gasteiger partial charge in [-0.3, -0.25) is 4.79 Å². The molecule has 1 aliphatic carbocycles. The Kier molecular flexibility index (Phi) is 4.90. The molecule has 1 saturated carbocycles. The van der Waals surface area contributed by atoms with Gasteiger partial charge < -0.3 is 19.8 Å². The predicted octanol–water partition coefficient (Wildman–Crippen LogP) is 1.87. The van der Waals surface area contributed by atoms with Crippen LogP contribution in [0, 0.1) is 5.92 Å². The van der Waals surface area contributed by atoms with E-state index >= 15 is 0 Å². The van der Waals surface area contributed by atoms with Crippen molar-refractivity contribution in [2.75, 3.05) is 13.2 Å². The normalized spacial score (nSPS) is 30.4. The Hall–Kier alpha value is -2.19. The van der Waals surface area contributed by atoms with Crippen LogP contribution in [0.25, 0.3) is 0 Å². The second kappa shape index (κ2) is 7.67. The van der Waals surface area contributed by atoms with Gasteiger partial charge in [-0.05, 0) is 24.5 Å². The maximum Gasteiger partial charge on any atom is 0.268 e. The van der Waals surface area contributed by atoms with Crippen molar-refractivity contribution in [1.82, 2.24) is 25.3 Å². The summed E-state index contributed by atoms with van der Waals surface area (Å²) in [5.41, 5.74) is 1.60. The van der Waals surface area contributed by atoms with Gasteiger partial charge in [-0.25, -0.2) is 4.68 Å². The number of ether oxygens (including phenoxy) is 2. The van der Waals surface area contributed by atoms with Gasteiger partial charge in [0, 0.05) is 12.4 Å². The Balaban J connectivity index is 1.21. The zero-order valence-corrected chi connectivity index (χ0v) is 15.9. The van der Waals surface area contributed by atoms with Crippen LogP contribution in [-0.2, 0) is 15.9 Å². The van der Waals surface area contributed by atoms with E-state index in [1.807, 2.05) is 4.68 Å². The number of carbonyl (C=O) groups is 1. The van der Waals surface area contributed by atoms with Crippen LogP contribution in [0.3, 0.4) is 0 Å². The summed E-state index contributed by atoms with van der Waals surface area (Å²) in [5.74, 6) is 0.601. The number of aromatic nitrogens is 4. The molecule has 0 spiro atoms. The fourth-order valence-electron chi connectivity index (χ4n) is 4.80. The van der Waals surface area contributed by atoms with Crippen LogP contribution in [-0.4, -0.2) is 57.3 Å². The molecule has 8 heteroatoms. The highest BCUT2D eigenvalue weighted by Gasteiger charge is 2.49. The Morgan fingerprint density at radius 1 is 1.21 bits per heavy atom. The van der Waals surface area contributed by atoms with Crippen molar-refractivity contribution in [3.05, 3.63) is 35.9 Å². The van der Waals surface area contributed by atoms with Crippen LogP contribution in [0.1, 0.15) is 54.3 Å². The minimum Gasteiger partial charge on any atom is -0.371 e. The van der Waals surface area contributed by atoms with Gasteiger partial charge in [0.25, 0.3) is 5.91 Å². The van der Waals surface area contributed by atoms with Crippen LogP contribution < -0.4 is 5.32 Å². The number of aromatic amines is 1. The molecule has 28 heavy (non-hydrogen) atoms. The van der Waals surface area contributed by atoms with Crippen LogP contribution in [0.5, 0.6) is 0 Å². The summed E-state index contributed by atoms with van der Waals surface area (Å²) < 4.78 is 13.9. The molecular weight excluding hydrogens is 358 g/mol.